The number of rotatable bonds is 5. The second-order valence-corrected chi connectivity index (χ2v) is 6.61. The Morgan fingerprint density at radius 3 is 2.71 bits per heavy atom. The third-order valence-corrected chi connectivity index (χ3v) is 4.12. The molecule has 3 N–H and O–H groups in total. The van der Waals surface area contributed by atoms with Gasteiger partial charge in [0.15, 0.2) is 0 Å². The first-order valence-corrected chi connectivity index (χ1v) is 7.58. The van der Waals surface area contributed by atoms with Crippen molar-refractivity contribution < 1.29 is 4.79 Å². The largest absolute Gasteiger partial charge is 0.346 e. The Balaban J connectivity index is 0.00000220. The third-order valence-electron chi connectivity index (χ3n) is 4.12. The van der Waals surface area contributed by atoms with E-state index in [-0.39, 0.29) is 23.9 Å². The molecular weight excluding hydrogens is 284 g/mol. The number of hydrogen-bond acceptors (Lipinski definition) is 2. The quantitative estimate of drug-likeness (QED) is 0.878. The first-order chi connectivity index (χ1) is 9.45. The van der Waals surface area contributed by atoms with Crippen molar-refractivity contribution in [2.75, 3.05) is 6.54 Å². The molecule has 1 aliphatic carbocycles. The molecule has 1 amide bonds. The summed E-state index contributed by atoms with van der Waals surface area (Å²) in [6, 6.07) is 6.06. The molecule has 0 heterocycles. The fourth-order valence-corrected chi connectivity index (χ4v) is 3.26. The second-order valence-electron chi connectivity index (χ2n) is 6.61. The van der Waals surface area contributed by atoms with Crippen LogP contribution >= 0.6 is 12.4 Å². The van der Waals surface area contributed by atoms with Crippen LogP contribution in [-0.2, 0) is 12.8 Å². The Labute approximate surface area is 134 Å². The summed E-state index contributed by atoms with van der Waals surface area (Å²) in [6.45, 7) is 6.81. The van der Waals surface area contributed by atoms with Crippen molar-refractivity contribution in [3.8, 4) is 0 Å². The smallest absolute Gasteiger partial charge is 0.252 e. The monoisotopic (exact) mass is 310 g/mol. The zero-order valence-electron chi connectivity index (χ0n) is 13.2. The molecule has 0 radical (unpaired) electrons. The van der Waals surface area contributed by atoms with E-state index in [1.807, 2.05) is 19.1 Å². The highest BCUT2D eigenvalue weighted by Gasteiger charge is 2.28. The van der Waals surface area contributed by atoms with Crippen LogP contribution in [0, 0.1) is 5.92 Å². The van der Waals surface area contributed by atoms with E-state index in [0.717, 1.165) is 31.2 Å². The van der Waals surface area contributed by atoms with Gasteiger partial charge in [-0.2, -0.15) is 0 Å². The van der Waals surface area contributed by atoms with Gasteiger partial charge >= 0.3 is 0 Å². The van der Waals surface area contributed by atoms with Gasteiger partial charge in [-0.1, -0.05) is 26.0 Å². The maximum absolute atomic E-state index is 12.6. The summed E-state index contributed by atoms with van der Waals surface area (Å²) >= 11 is 0. The van der Waals surface area contributed by atoms with Crippen molar-refractivity contribution in [3.63, 3.8) is 0 Å². The number of hydrogen-bond donors (Lipinski definition) is 2. The normalized spacial score (nSPS) is 16.0. The number of carbonyl (C=O) groups is 1. The molecule has 0 fully saturated rings. The number of aryl methyl sites for hydroxylation is 1. The minimum atomic E-state index is -0.327. The molecule has 0 saturated heterocycles. The molecule has 4 heteroatoms. The van der Waals surface area contributed by atoms with Crippen LogP contribution in [-0.4, -0.2) is 18.0 Å². The molecule has 2 rings (SSSR count). The first kappa shape index (κ1) is 18.0. The average Bonchev–Trinajstić information content (AvgIpc) is 2.85. The standard InChI is InChI=1S/C17H26N2O.ClH/c1-12(2)10-17(3,11-18)19-16(20)15-9-5-7-13-6-4-8-14(13)15;/h5,7,9,12H,4,6,8,10-11,18H2,1-3H3,(H,19,20);1H. The molecule has 0 saturated carbocycles. The zero-order chi connectivity index (χ0) is 14.8. The summed E-state index contributed by atoms with van der Waals surface area (Å²) in [6.07, 6.45) is 4.16. The number of nitrogens with two attached hydrogens (primary N) is 1. The van der Waals surface area contributed by atoms with Gasteiger partial charge in [-0.25, -0.2) is 0 Å². The van der Waals surface area contributed by atoms with Gasteiger partial charge in [0.2, 0.25) is 0 Å². The highest BCUT2D eigenvalue weighted by atomic mass is 35.5. The number of halogens is 1. The van der Waals surface area contributed by atoms with Gasteiger partial charge < -0.3 is 11.1 Å². The Hall–Kier alpha value is -1.06. The van der Waals surface area contributed by atoms with Gasteiger partial charge in [0.1, 0.15) is 0 Å². The van der Waals surface area contributed by atoms with Crippen molar-refractivity contribution in [3.05, 3.63) is 34.9 Å². The molecule has 1 aromatic rings. The summed E-state index contributed by atoms with van der Waals surface area (Å²) in [5.74, 6) is 0.530. The van der Waals surface area contributed by atoms with Crippen LogP contribution in [0.3, 0.4) is 0 Å². The summed E-state index contributed by atoms with van der Waals surface area (Å²) < 4.78 is 0. The second kappa shape index (κ2) is 7.28. The first-order valence-electron chi connectivity index (χ1n) is 7.58. The molecule has 1 aromatic carbocycles. The van der Waals surface area contributed by atoms with Crippen LogP contribution in [0.25, 0.3) is 0 Å². The van der Waals surface area contributed by atoms with E-state index >= 15 is 0 Å². The van der Waals surface area contributed by atoms with Gasteiger partial charge in [0.25, 0.3) is 5.91 Å². The fourth-order valence-electron chi connectivity index (χ4n) is 3.26. The van der Waals surface area contributed by atoms with E-state index in [1.165, 1.54) is 11.1 Å². The van der Waals surface area contributed by atoms with Crippen molar-refractivity contribution in [2.45, 2.75) is 52.0 Å². The Kier molecular flexibility index (Phi) is 6.24. The van der Waals surface area contributed by atoms with Crippen LogP contribution in [0.2, 0.25) is 0 Å². The van der Waals surface area contributed by atoms with Crippen molar-refractivity contribution in [2.24, 2.45) is 11.7 Å². The maximum Gasteiger partial charge on any atom is 0.252 e. The minimum absolute atomic E-state index is 0. The Morgan fingerprint density at radius 2 is 2.10 bits per heavy atom. The summed E-state index contributed by atoms with van der Waals surface area (Å²) in [5.41, 5.74) is 8.95. The molecule has 1 unspecified atom stereocenters. The molecule has 0 spiro atoms. The molecule has 21 heavy (non-hydrogen) atoms. The van der Waals surface area contributed by atoms with E-state index in [2.05, 4.69) is 25.2 Å². The SMILES string of the molecule is CC(C)CC(C)(CN)NC(=O)c1cccc2c1CCC2.Cl. The molecule has 1 aliphatic rings. The topological polar surface area (TPSA) is 55.1 Å². The fraction of sp³-hybridized carbons (Fsp3) is 0.588. The molecular formula is C17H27ClN2O. The summed E-state index contributed by atoms with van der Waals surface area (Å²) in [5, 5.41) is 3.16. The van der Waals surface area contributed by atoms with E-state index in [0.29, 0.717) is 12.5 Å². The van der Waals surface area contributed by atoms with Crippen molar-refractivity contribution in [1.82, 2.24) is 5.32 Å². The third kappa shape index (κ3) is 4.21. The predicted octanol–water partition coefficient (Wildman–Crippen LogP) is 3.09. The lowest BCUT2D eigenvalue weighted by atomic mass is 9.90. The van der Waals surface area contributed by atoms with E-state index < -0.39 is 0 Å². The van der Waals surface area contributed by atoms with Crippen LogP contribution < -0.4 is 11.1 Å². The predicted molar refractivity (Wildman–Crippen MR) is 90.1 cm³/mol. The zero-order valence-corrected chi connectivity index (χ0v) is 14.1. The molecule has 0 bridgehead atoms. The number of carbonyl (C=O) groups excluding carboxylic acids is 1. The summed E-state index contributed by atoms with van der Waals surface area (Å²) in [7, 11) is 0. The maximum atomic E-state index is 12.6. The van der Waals surface area contributed by atoms with Crippen LogP contribution in [0.5, 0.6) is 0 Å². The molecule has 118 valence electrons. The van der Waals surface area contributed by atoms with Gasteiger partial charge in [-0.3, -0.25) is 4.79 Å². The number of amides is 1. The lowest BCUT2D eigenvalue weighted by molar-refractivity contribution is 0.0897. The van der Waals surface area contributed by atoms with Gasteiger partial charge in [-0.05, 0) is 55.7 Å². The lowest BCUT2D eigenvalue weighted by Crippen LogP contribution is -2.52. The van der Waals surface area contributed by atoms with Gasteiger partial charge in [-0.15, -0.1) is 12.4 Å². The number of fused-ring (bicyclic) bond motifs is 1. The molecule has 0 aromatic heterocycles. The minimum Gasteiger partial charge on any atom is -0.346 e. The number of benzene rings is 1. The van der Waals surface area contributed by atoms with Crippen molar-refractivity contribution >= 4 is 18.3 Å². The Morgan fingerprint density at radius 1 is 1.38 bits per heavy atom. The molecule has 3 nitrogen and oxygen atoms in total. The molecule has 0 aliphatic heterocycles. The van der Waals surface area contributed by atoms with Gasteiger partial charge in [0, 0.05) is 17.6 Å². The molecule has 1 atom stereocenters. The van der Waals surface area contributed by atoms with E-state index in [9.17, 15) is 4.79 Å². The van der Waals surface area contributed by atoms with E-state index in [1.54, 1.807) is 0 Å². The average molecular weight is 311 g/mol. The van der Waals surface area contributed by atoms with Crippen molar-refractivity contribution in [1.29, 1.82) is 0 Å². The Bertz CT molecular complexity index is 502. The highest BCUT2D eigenvalue weighted by molar-refractivity contribution is 5.96. The van der Waals surface area contributed by atoms with E-state index in [4.69, 9.17) is 5.73 Å². The lowest BCUT2D eigenvalue weighted by Gasteiger charge is -2.31. The summed E-state index contributed by atoms with van der Waals surface area (Å²) in [4.78, 5) is 12.6. The van der Waals surface area contributed by atoms with Crippen LogP contribution in [0.4, 0.5) is 0 Å². The van der Waals surface area contributed by atoms with Crippen LogP contribution in [0.1, 0.15) is 55.1 Å². The number of nitrogens with one attached hydrogen (secondary N) is 1. The van der Waals surface area contributed by atoms with Gasteiger partial charge in [0.05, 0.1) is 0 Å². The highest BCUT2D eigenvalue weighted by Crippen LogP contribution is 2.26. The van der Waals surface area contributed by atoms with Crippen LogP contribution in [0.15, 0.2) is 18.2 Å².